The van der Waals surface area contributed by atoms with Gasteiger partial charge >= 0.3 is 0 Å². The Balaban J connectivity index is 1.95. The summed E-state index contributed by atoms with van der Waals surface area (Å²) in [4.78, 5) is 11.6. The van der Waals surface area contributed by atoms with Gasteiger partial charge in [-0.2, -0.15) is 0 Å². The molecule has 3 nitrogen and oxygen atoms in total. The summed E-state index contributed by atoms with van der Waals surface area (Å²) in [5, 5.41) is 2.91. The van der Waals surface area contributed by atoms with Crippen LogP contribution in [0.15, 0.2) is 24.3 Å². The number of anilines is 1. The molecule has 92 valence electrons. The van der Waals surface area contributed by atoms with E-state index in [1.165, 1.54) is 12.8 Å². The number of rotatable bonds is 4. The van der Waals surface area contributed by atoms with Gasteiger partial charge in [0.15, 0.2) is 0 Å². The lowest BCUT2D eigenvalue weighted by Gasteiger charge is -2.19. The first-order valence-electron chi connectivity index (χ1n) is 6.14. The van der Waals surface area contributed by atoms with Gasteiger partial charge in [-0.1, -0.05) is 12.1 Å². The lowest BCUT2D eigenvalue weighted by Crippen LogP contribution is -2.28. The van der Waals surface area contributed by atoms with Crippen LogP contribution >= 0.6 is 0 Å². The van der Waals surface area contributed by atoms with Gasteiger partial charge in [0.2, 0.25) is 5.91 Å². The molecule has 0 saturated heterocycles. The van der Waals surface area contributed by atoms with E-state index in [4.69, 9.17) is 5.73 Å². The number of hydrogen-bond donors (Lipinski definition) is 2. The van der Waals surface area contributed by atoms with E-state index in [0.29, 0.717) is 12.3 Å². The fourth-order valence-corrected chi connectivity index (χ4v) is 1.78. The van der Waals surface area contributed by atoms with Crippen LogP contribution in [-0.4, -0.2) is 5.91 Å². The first kappa shape index (κ1) is 12.1. The summed E-state index contributed by atoms with van der Waals surface area (Å²) in [7, 11) is 0. The number of benzene rings is 1. The van der Waals surface area contributed by atoms with Gasteiger partial charge < -0.3 is 11.1 Å². The predicted octanol–water partition coefficient (Wildman–Crippen LogP) is 2.62. The first-order chi connectivity index (χ1) is 7.95. The molecule has 17 heavy (non-hydrogen) atoms. The Hall–Kier alpha value is -1.35. The molecule has 2 rings (SSSR count). The van der Waals surface area contributed by atoms with Crippen LogP contribution in [0.2, 0.25) is 0 Å². The van der Waals surface area contributed by atoms with E-state index in [1.807, 2.05) is 38.1 Å². The smallest absolute Gasteiger partial charge is 0.224 e. The molecule has 0 atom stereocenters. The standard InChI is InChI=1S/C14H20N2O/c1-14(2,15)11-5-7-12(8-6-11)16-13(17)9-10-3-4-10/h5-8,10H,3-4,9,15H2,1-2H3,(H,16,17). The average molecular weight is 232 g/mol. The Morgan fingerprint density at radius 2 is 1.94 bits per heavy atom. The van der Waals surface area contributed by atoms with Crippen LogP contribution in [0.25, 0.3) is 0 Å². The van der Waals surface area contributed by atoms with Crippen molar-refractivity contribution in [2.45, 2.75) is 38.6 Å². The summed E-state index contributed by atoms with van der Waals surface area (Å²) in [5.74, 6) is 0.740. The molecule has 0 aromatic heterocycles. The second-order valence-corrected chi connectivity index (χ2v) is 5.49. The third-order valence-corrected chi connectivity index (χ3v) is 3.08. The number of nitrogens with two attached hydrogens (primary N) is 1. The van der Waals surface area contributed by atoms with Gasteiger partial charge in [0, 0.05) is 17.6 Å². The number of carbonyl (C=O) groups excluding carboxylic acids is 1. The predicted molar refractivity (Wildman–Crippen MR) is 69.6 cm³/mol. The molecule has 1 fully saturated rings. The fourth-order valence-electron chi connectivity index (χ4n) is 1.78. The van der Waals surface area contributed by atoms with E-state index in [1.54, 1.807) is 0 Å². The molecule has 0 aliphatic heterocycles. The van der Waals surface area contributed by atoms with Gasteiger partial charge in [-0.25, -0.2) is 0 Å². The first-order valence-corrected chi connectivity index (χ1v) is 6.14. The van der Waals surface area contributed by atoms with Crippen molar-refractivity contribution in [2.24, 2.45) is 11.7 Å². The zero-order valence-electron chi connectivity index (χ0n) is 10.5. The molecule has 1 aromatic rings. The highest BCUT2D eigenvalue weighted by atomic mass is 16.1. The number of hydrogen-bond acceptors (Lipinski definition) is 2. The summed E-state index contributed by atoms with van der Waals surface area (Å²) in [6, 6.07) is 7.75. The Labute approximate surface area is 102 Å². The monoisotopic (exact) mass is 232 g/mol. The zero-order chi connectivity index (χ0) is 12.5. The van der Waals surface area contributed by atoms with Gasteiger partial charge in [-0.3, -0.25) is 4.79 Å². The molecule has 0 spiro atoms. The number of carbonyl (C=O) groups is 1. The summed E-state index contributed by atoms with van der Waals surface area (Å²) >= 11 is 0. The lowest BCUT2D eigenvalue weighted by atomic mass is 9.96. The third kappa shape index (κ3) is 3.56. The summed E-state index contributed by atoms with van der Waals surface area (Å²) in [6.07, 6.45) is 3.06. The molecule has 0 bridgehead atoms. The van der Waals surface area contributed by atoms with Crippen molar-refractivity contribution >= 4 is 11.6 Å². The maximum atomic E-state index is 11.6. The van der Waals surface area contributed by atoms with E-state index in [0.717, 1.165) is 11.3 Å². The normalized spacial score (nSPS) is 15.7. The molecule has 0 unspecified atom stereocenters. The van der Waals surface area contributed by atoms with Crippen molar-refractivity contribution in [1.29, 1.82) is 0 Å². The topological polar surface area (TPSA) is 55.1 Å². The van der Waals surface area contributed by atoms with Crippen molar-refractivity contribution in [1.82, 2.24) is 0 Å². The molecule has 1 amide bonds. The summed E-state index contributed by atoms with van der Waals surface area (Å²) in [5.41, 5.74) is 7.58. The van der Waals surface area contributed by atoms with Gasteiger partial charge in [-0.15, -0.1) is 0 Å². The molecule has 0 heterocycles. The highest BCUT2D eigenvalue weighted by Crippen LogP contribution is 2.32. The van der Waals surface area contributed by atoms with Crippen LogP contribution in [0.5, 0.6) is 0 Å². The van der Waals surface area contributed by atoms with Crippen molar-refractivity contribution < 1.29 is 4.79 Å². The Bertz CT molecular complexity index is 399. The van der Waals surface area contributed by atoms with Gasteiger partial charge in [0.1, 0.15) is 0 Å². The van der Waals surface area contributed by atoms with E-state index >= 15 is 0 Å². The minimum Gasteiger partial charge on any atom is -0.326 e. The molecule has 0 radical (unpaired) electrons. The fraction of sp³-hybridized carbons (Fsp3) is 0.500. The quantitative estimate of drug-likeness (QED) is 0.838. The van der Waals surface area contributed by atoms with Crippen LogP contribution in [0.1, 0.15) is 38.7 Å². The second-order valence-electron chi connectivity index (χ2n) is 5.49. The average Bonchev–Trinajstić information content (AvgIpc) is 3.01. The van der Waals surface area contributed by atoms with E-state index in [9.17, 15) is 4.79 Å². The molecule has 1 aromatic carbocycles. The largest absolute Gasteiger partial charge is 0.326 e. The van der Waals surface area contributed by atoms with Crippen LogP contribution in [0, 0.1) is 5.92 Å². The third-order valence-electron chi connectivity index (χ3n) is 3.08. The molecule has 3 N–H and O–H groups in total. The molecule has 1 aliphatic carbocycles. The molecular weight excluding hydrogens is 212 g/mol. The molecule has 3 heteroatoms. The Kier molecular flexibility index (Phi) is 3.20. The van der Waals surface area contributed by atoms with Gasteiger partial charge in [0.25, 0.3) is 0 Å². The van der Waals surface area contributed by atoms with Crippen LogP contribution < -0.4 is 11.1 Å². The second kappa shape index (κ2) is 4.49. The molecule has 1 saturated carbocycles. The van der Waals surface area contributed by atoms with Crippen molar-refractivity contribution in [2.75, 3.05) is 5.32 Å². The molecular formula is C14H20N2O. The SMILES string of the molecule is CC(C)(N)c1ccc(NC(=O)CC2CC2)cc1. The van der Waals surface area contributed by atoms with Crippen LogP contribution in [0.4, 0.5) is 5.69 Å². The number of amides is 1. The van der Waals surface area contributed by atoms with Gasteiger partial charge in [0.05, 0.1) is 0 Å². The summed E-state index contributed by atoms with van der Waals surface area (Å²) in [6.45, 7) is 3.93. The molecule has 1 aliphatic rings. The Morgan fingerprint density at radius 1 is 1.35 bits per heavy atom. The Morgan fingerprint density at radius 3 is 2.41 bits per heavy atom. The highest BCUT2D eigenvalue weighted by Gasteiger charge is 2.24. The number of nitrogens with one attached hydrogen (secondary N) is 1. The van der Waals surface area contributed by atoms with Crippen molar-refractivity contribution in [3.05, 3.63) is 29.8 Å². The van der Waals surface area contributed by atoms with Crippen LogP contribution in [-0.2, 0) is 10.3 Å². The minimum absolute atomic E-state index is 0.118. The van der Waals surface area contributed by atoms with Crippen molar-refractivity contribution in [3.63, 3.8) is 0 Å². The minimum atomic E-state index is -0.337. The maximum Gasteiger partial charge on any atom is 0.224 e. The van der Waals surface area contributed by atoms with E-state index < -0.39 is 0 Å². The van der Waals surface area contributed by atoms with Crippen LogP contribution in [0.3, 0.4) is 0 Å². The highest BCUT2D eigenvalue weighted by molar-refractivity contribution is 5.91. The van der Waals surface area contributed by atoms with Gasteiger partial charge in [-0.05, 0) is 50.3 Å². The summed E-state index contributed by atoms with van der Waals surface area (Å²) < 4.78 is 0. The maximum absolute atomic E-state index is 11.6. The zero-order valence-corrected chi connectivity index (χ0v) is 10.5. The van der Waals surface area contributed by atoms with E-state index in [-0.39, 0.29) is 11.4 Å². The van der Waals surface area contributed by atoms with Crippen molar-refractivity contribution in [3.8, 4) is 0 Å². The van der Waals surface area contributed by atoms with E-state index in [2.05, 4.69) is 5.32 Å². The lowest BCUT2D eigenvalue weighted by molar-refractivity contribution is -0.116.